The van der Waals surface area contributed by atoms with Crippen LogP contribution in [-0.2, 0) is 11.3 Å². The van der Waals surface area contributed by atoms with E-state index in [9.17, 15) is 0 Å². The van der Waals surface area contributed by atoms with Gasteiger partial charge in [0.15, 0.2) is 0 Å². The van der Waals surface area contributed by atoms with Crippen LogP contribution in [0.3, 0.4) is 0 Å². The second-order valence-electron chi connectivity index (χ2n) is 4.68. The molecule has 2 N–H and O–H groups in total. The minimum atomic E-state index is 0.189. The summed E-state index contributed by atoms with van der Waals surface area (Å²) >= 11 is 0. The summed E-state index contributed by atoms with van der Waals surface area (Å²) in [6, 6.07) is 3.81. The molecule has 94 valence electrons. The first-order chi connectivity index (χ1) is 8.17. The number of nitrogens with two attached hydrogens (primary N) is 1. The number of rotatable bonds is 3. The van der Waals surface area contributed by atoms with Crippen molar-refractivity contribution in [3.05, 3.63) is 23.9 Å². The summed E-state index contributed by atoms with van der Waals surface area (Å²) in [5.74, 6) is 0.666. The Balaban J connectivity index is 1.99. The molecule has 2 unspecified atom stereocenters. The van der Waals surface area contributed by atoms with Gasteiger partial charge in [0, 0.05) is 31.6 Å². The second kappa shape index (κ2) is 5.47. The number of ether oxygens (including phenoxy) is 2. The third-order valence-electron chi connectivity index (χ3n) is 2.98. The second-order valence-corrected chi connectivity index (χ2v) is 4.68. The SMILES string of the molecule is CC1CC(Oc2cc(CN)ccn2)CC(C)O1. The van der Waals surface area contributed by atoms with Gasteiger partial charge >= 0.3 is 0 Å². The van der Waals surface area contributed by atoms with Crippen LogP contribution in [0.5, 0.6) is 5.88 Å². The Morgan fingerprint density at radius 3 is 2.76 bits per heavy atom. The number of aromatic nitrogens is 1. The molecule has 1 aromatic rings. The Labute approximate surface area is 102 Å². The Kier molecular flexibility index (Phi) is 3.97. The van der Waals surface area contributed by atoms with Crippen LogP contribution in [0.15, 0.2) is 18.3 Å². The molecule has 1 aromatic heterocycles. The van der Waals surface area contributed by atoms with Gasteiger partial charge in [0.05, 0.1) is 12.2 Å². The zero-order chi connectivity index (χ0) is 12.3. The topological polar surface area (TPSA) is 57.4 Å². The van der Waals surface area contributed by atoms with Crippen LogP contribution in [0.1, 0.15) is 32.3 Å². The Bertz CT molecular complexity index is 360. The van der Waals surface area contributed by atoms with Crippen LogP contribution in [0.2, 0.25) is 0 Å². The number of hydrogen-bond acceptors (Lipinski definition) is 4. The zero-order valence-electron chi connectivity index (χ0n) is 10.4. The smallest absolute Gasteiger partial charge is 0.213 e. The zero-order valence-corrected chi connectivity index (χ0v) is 10.4. The van der Waals surface area contributed by atoms with E-state index in [1.807, 2.05) is 12.1 Å². The first-order valence-corrected chi connectivity index (χ1v) is 6.14. The van der Waals surface area contributed by atoms with E-state index in [1.54, 1.807) is 6.20 Å². The minimum Gasteiger partial charge on any atom is -0.474 e. The van der Waals surface area contributed by atoms with Gasteiger partial charge in [-0.3, -0.25) is 0 Å². The van der Waals surface area contributed by atoms with E-state index in [4.69, 9.17) is 15.2 Å². The van der Waals surface area contributed by atoms with E-state index in [0.717, 1.165) is 18.4 Å². The summed E-state index contributed by atoms with van der Waals surface area (Å²) in [4.78, 5) is 4.21. The van der Waals surface area contributed by atoms with Gasteiger partial charge in [0.1, 0.15) is 6.10 Å². The van der Waals surface area contributed by atoms with Gasteiger partial charge in [0.25, 0.3) is 0 Å². The van der Waals surface area contributed by atoms with Crippen molar-refractivity contribution in [3.63, 3.8) is 0 Å². The number of hydrogen-bond donors (Lipinski definition) is 1. The molecule has 1 aliphatic rings. The predicted octanol–water partition coefficient (Wildman–Crippen LogP) is 1.88. The van der Waals surface area contributed by atoms with Gasteiger partial charge in [-0.25, -0.2) is 4.98 Å². The Morgan fingerprint density at radius 2 is 2.12 bits per heavy atom. The highest BCUT2D eigenvalue weighted by atomic mass is 16.5. The van der Waals surface area contributed by atoms with Crippen molar-refractivity contribution in [2.45, 2.75) is 51.5 Å². The lowest BCUT2D eigenvalue weighted by Crippen LogP contribution is -2.35. The largest absolute Gasteiger partial charge is 0.474 e. The molecule has 0 bridgehead atoms. The quantitative estimate of drug-likeness (QED) is 0.870. The molecular weight excluding hydrogens is 216 g/mol. The molecule has 4 heteroatoms. The van der Waals surface area contributed by atoms with Crippen LogP contribution in [0, 0.1) is 0 Å². The highest BCUT2D eigenvalue weighted by Gasteiger charge is 2.26. The van der Waals surface area contributed by atoms with Crippen molar-refractivity contribution in [1.82, 2.24) is 4.98 Å². The summed E-state index contributed by atoms with van der Waals surface area (Å²) in [6.45, 7) is 4.67. The van der Waals surface area contributed by atoms with E-state index >= 15 is 0 Å². The van der Waals surface area contributed by atoms with Crippen LogP contribution in [0.25, 0.3) is 0 Å². The first-order valence-electron chi connectivity index (χ1n) is 6.14. The summed E-state index contributed by atoms with van der Waals surface area (Å²) in [6.07, 6.45) is 4.26. The molecular formula is C13H20N2O2. The average molecular weight is 236 g/mol. The van der Waals surface area contributed by atoms with E-state index in [2.05, 4.69) is 18.8 Å². The lowest BCUT2D eigenvalue weighted by Gasteiger charge is -2.31. The summed E-state index contributed by atoms with van der Waals surface area (Å²) in [5.41, 5.74) is 6.64. The number of pyridine rings is 1. The fourth-order valence-corrected chi connectivity index (χ4v) is 2.25. The van der Waals surface area contributed by atoms with Crippen molar-refractivity contribution in [3.8, 4) is 5.88 Å². The average Bonchev–Trinajstić information content (AvgIpc) is 2.28. The van der Waals surface area contributed by atoms with Gasteiger partial charge in [-0.1, -0.05) is 0 Å². The van der Waals surface area contributed by atoms with Crippen LogP contribution in [-0.4, -0.2) is 23.3 Å². The van der Waals surface area contributed by atoms with Gasteiger partial charge in [-0.2, -0.15) is 0 Å². The maximum absolute atomic E-state index is 5.89. The molecule has 1 saturated heterocycles. The van der Waals surface area contributed by atoms with Crippen LogP contribution in [0.4, 0.5) is 0 Å². The highest BCUT2D eigenvalue weighted by Crippen LogP contribution is 2.23. The molecule has 0 aromatic carbocycles. The Morgan fingerprint density at radius 1 is 1.41 bits per heavy atom. The molecule has 0 amide bonds. The fraction of sp³-hybridized carbons (Fsp3) is 0.615. The lowest BCUT2D eigenvalue weighted by molar-refractivity contribution is -0.0729. The summed E-state index contributed by atoms with van der Waals surface area (Å²) in [7, 11) is 0. The van der Waals surface area contributed by atoms with E-state index in [-0.39, 0.29) is 18.3 Å². The standard InChI is InChI=1S/C13H20N2O2/c1-9-5-12(6-10(2)16-9)17-13-7-11(8-14)3-4-15-13/h3-4,7,9-10,12H,5-6,8,14H2,1-2H3. The summed E-state index contributed by atoms with van der Waals surface area (Å²) < 4.78 is 11.6. The van der Waals surface area contributed by atoms with Gasteiger partial charge in [-0.05, 0) is 25.5 Å². The molecule has 2 rings (SSSR count). The van der Waals surface area contributed by atoms with Crippen molar-refractivity contribution in [2.24, 2.45) is 5.73 Å². The molecule has 4 nitrogen and oxygen atoms in total. The van der Waals surface area contributed by atoms with Gasteiger partial charge in [0.2, 0.25) is 5.88 Å². The van der Waals surface area contributed by atoms with E-state index in [1.165, 1.54) is 0 Å². The molecule has 2 heterocycles. The lowest BCUT2D eigenvalue weighted by atomic mass is 10.0. The molecule has 1 aliphatic heterocycles. The van der Waals surface area contributed by atoms with Crippen LogP contribution >= 0.6 is 0 Å². The van der Waals surface area contributed by atoms with E-state index in [0.29, 0.717) is 12.4 Å². The monoisotopic (exact) mass is 236 g/mol. The normalized spacial score (nSPS) is 29.0. The van der Waals surface area contributed by atoms with Crippen molar-refractivity contribution in [2.75, 3.05) is 0 Å². The molecule has 0 saturated carbocycles. The maximum Gasteiger partial charge on any atom is 0.213 e. The first kappa shape index (κ1) is 12.3. The van der Waals surface area contributed by atoms with Crippen molar-refractivity contribution in [1.29, 1.82) is 0 Å². The van der Waals surface area contributed by atoms with Crippen LogP contribution < -0.4 is 10.5 Å². The molecule has 17 heavy (non-hydrogen) atoms. The molecule has 0 aliphatic carbocycles. The van der Waals surface area contributed by atoms with Gasteiger partial charge < -0.3 is 15.2 Å². The van der Waals surface area contributed by atoms with Crippen molar-refractivity contribution >= 4 is 0 Å². The minimum absolute atomic E-state index is 0.189. The molecule has 1 fully saturated rings. The van der Waals surface area contributed by atoms with Crippen molar-refractivity contribution < 1.29 is 9.47 Å². The number of nitrogens with zero attached hydrogens (tertiary/aromatic N) is 1. The molecule has 0 radical (unpaired) electrons. The highest BCUT2D eigenvalue weighted by molar-refractivity contribution is 5.20. The third kappa shape index (κ3) is 3.41. The predicted molar refractivity (Wildman–Crippen MR) is 65.8 cm³/mol. The maximum atomic E-state index is 5.89. The Hall–Kier alpha value is -1.13. The third-order valence-corrected chi connectivity index (χ3v) is 2.98. The molecule has 0 spiro atoms. The fourth-order valence-electron chi connectivity index (χ4n) is 2.25. The summed E-state index contributed by atoms with van der Waals surface area (Å²) in [5, 5.41) is 0. The van der Waals surface area contributed by atoms with Gasteiger partial charge in [-0.15, -0.1) is 0 Å². The van der Waals surface area contributed by atoms with E-state index < -0.39 is 0 Å². The molecule has 2 atom stereocenters.